The quantitative estimate of drug-likeness (QED) is 0.929. The van der Waals surface area contributed by atoms with Crippen LogP contribution in [-0.2, 0) is 29.6 Å². The summed E-state index contributed by atoms with van der Waals surface area (Å²) in [6.07, 6.45) is 3.05. The molecule has 0 radical (unpaired) electrons. The Balaban J connectivity index is 1.87. The number of carbonyl (C=O) groups is 2. The molecule has 1 aliphatic heterocycles. The van der Waals surface area contributed by atoms with Gasteiger partial charge in [0.15, 0.2) is 5.82 Å². The van der Waals surface area contributed by atoms with Crippen molar-refractivity contribution in [2.24, 2.45) is 13.0 Å². The number of amides is 2. The van der Waals surface area contributed by atoms with Crippen molar-refractivity contribution in [3.8, 4) is 0 Å². The third-order valence-corrected chi connectivity index (χ3v) is 4.83. The van der Waals surface area contributed by atoms with Crippen LogP contribution in [0.15, 0.2) is 36.5 Å². The van der Waals surface area contributed by atoms with Gasteiger partial charge in [0, 0.05) is 38.2 Å². The highest BCUT2D eigenvalue weighted by Crippen LogP contribution is 2.26. The first-order valence-electron chi connectivity index (χ1n) is 8.67. The molecule has 2 amide bonds. The zero-order valence-corrected chi connectivity index (χ0v) is 14.9. The van der Waals surface area contributed by atoms with Gasteiger partial charge in [0.1, 0.15) is 6.04 Å². The zero-order valence-electron chi connectivity index (χ0n) is 14.9. The summed E-state index contributed by atoms with van der Waals surface area (Å²) < 4.78 is 1.63. The number of aromatic nitrogens is 2. The van der Waals surface area contributed by atoms with Crippen LogP contribution in [0.1, 0.15) is 31.4 Å². The van der Waals surface area contributed by atoms with Gasteiger partial charge < -0.3 is 10.2 Å². The lowest BCUT2D eigenvalue weighted by molar-refractivity contribution is -0.143. The normalized spacial score (nSPS) is 17.7. The number of fused-ring (bicyclic) bond motifs is 1. The maximum Gasteiger partial charge on any atom is 0.248 e. The lowest BCUT2D eigenvalue weighted by Crippen LogP contribution is -2.52. The summed E-state index contributed by atoms with van der Waals surface area (Å²) in [5, 5.41) is 7.03. The SMILES string of the molecule is CC[C@@H](C)C(=O)N1Cc2ccccc2C[C@H]1C(=O)Nc1ccn(C)n1. The molecule has 6 nitrogen and oxygen atoms in total. The summed E-state index contributed by atoms with van der Waals surface area (Å²) in [6.45, 7) is 4.37. The standard InChI is InChI=1S/C19H24N4O2/c1-4-13(2)19(25)23-12-15-8-6-5-7-14(15)11-16(23)18(24)20-17-9-10-22(3)21-17/h5-10,13,16H,4,11-12H2,1-3H3,(H,20,21,24)/t13-,16+/m1/s1. The minimum Gasteiger partial charge on any atom is -0.326 e. The summed E-state index contributed by atoms with van der Waals surface area (Å²) in [6, 6.07) is 9.23. The molecule has 0 spiro atoms. The first-order chi connectivity index (χ1) is 12.0. The average molecular weight is 340 g/mol. The van der Waals surface area contributed by atoms with E-state index in [4.69, 9.17) is 0 Å². The molecule has 1 N–H and O–H groups in total. The van der Waals surface area contributed by atoms with Crippen molar-refractivity contribution in [1.29, 1.82) is 0 Å². The predicted octanol–water partition coefficient (Wildman–Crippen LogP) is 2.36. The molecule has 132 valence electrons. The molecule has 3 rings (SSSR count). The summed E-state index contributed by atoms with van der Waals surface area (Å²) in [5.74, 6) is 0.237. The number of rotatable bonds is 4. The van der Waals surface area contributed by atoms with Crippen LogP contribution in [-0.4, -0.2) is 32.5 Å². The molecular formula is C19H24N4O2. The van der Waals surface area contributed by atoms with Crippen molar-refractivity contribution in [3.63, 3.8) is 0 Å². The maximum atomic E-state index is 12.9. The molecular weight excluding hydrogens is 316 g/mol. The zero-order chi connectivity index (χ0) is 18.0. The highest BCUT2D eigenvalue weighted by molar-refractivity contribution is 5.97. The highest BCUT2D eigenvalue weighted by atomic mass is 16.2. The van der Waals surface area contributed by atoms with Gasteiger partial charge in [-0.15, -0.1) is 0 Å². The van der Waals surface area contributed by atoms with E-state index >= 15 is 0 Å². The molecule has 2 aromatic rings. The molecule has 0 saturated carbocycles. The van der Waals surface area contributed by atoms with Gasteiger partial charge in [0.25, 0.3) is 0 Å². The number of aryl methyl sites for hydroxylation is 1. The number of benzene rings is 1. The van der Waals surface area contributed by atoms with Crippen LogP contribution in [0.5, 0.6) is 0 Å². The maximum absolute atomic E-state index is 12.9. The number of hydrogen-bond acceptors (Lipinski definition) is 3. The Morgan fingerprint density at radius 3 is 2.64 bits per heavy atom. The van der Waals surface area contributed by atoms with Gasteiger partial charge >= 0.3 is 0 Å². The van der Waals surface area contributed by atoms with Gasteiger partial charge in [0.2, 0.25) is 11.8 Å². The minimum atomic E-state index is -0.515. The number of nitrogens with one attached hydrogen (secondary N) is 1. The van der Waals surface area contributed by atoms with E-state index in [9.17, 15) is 9.59 Å². The second kappa shape index (κ2) is 7.09. The van der Waals surface area contributed by atoms with E-state index in [0.717, 1.165) is 17.5 Å². The topological polar surface area (TPSA) is 67.2 Å². The largest absolute Gasteiger partial charge is 0.326 e. The molecule has 6 heteroatoms. The third kappa shape index (κ3) is 3.57. The molecule has 0 bridgehead atoms. The molecule has 0 unspecified atom stereocenters. The van der Waals surface area contributed by atoms with Gasteiger partial charge in [-0.25, -0.2) is 0 Å². The van der Waals surface area contributed by atoms with Crippen LogP contribution >= 0.6 is 0 Å². The fourth-order valence-electron chi connectivity index (χ4n) is 3.14. The van der Waals surface area contributed by atoms with Crippen LogP contribution < -0.4 is 5.32 Å². The van der Waals surface area contributed by atoms with Crippen LogP contribution in [0.25, 0.3) is 0 Å². The number of hydrogen-bond donors (Lipinski definition) is 1. The molecule has 25 heavy (non-hydrogen) atoms. The summed E-state index contributed by atoms with van der Waals surface area (Å²) >= 11 is 0. The van der Waals surface area contributed by atoms with E-state index in [-0.39, 0.29) is 17.7 Å². The lowest BCUT2D eigenvalue weighted by atomic mass is 9.92. The molecule has 0 aliphatic carbocycles. The Kier molecular flexibility index (Phi) is 4.88. The molecule has 2 atom stereocenters. The Morgan fingerprint density at radius 1 is 1.28 bits per heavy atom. The fraction of sp³-hybridized carbons (Fsp3) is 0.421. The van der Waals surface area contributed by atoms with E-state index in [0.29, 0.717) is 18.8 Å². The van der Waals surface area contributed by atoms with Crippen LogP contribution in [0.4, 0.5) is 5.82 Å². The van der Waals surface area contributed by atoms with Gasteiger partial charge in [0.05, 0.1) is 0 Å². The Bertz CT molecular complexity index is 783. The molecule has 1 aliphatic rings. The molecule has 0 saturated heterocycles. The Hall–Kier alpha value is -2.63. The summed E-state index contributed by atoms with van der Waals surface area (Å²) in [5.41, 5.74) is 2.23. The van der Waals surface area contributed by atoms with Crippen molar-refractivity contribution in [1.82, 2.24) is 14.7 Å². The van der Waals surface area contributed by atoms with Crippen LogP contribution in [0.3, 0.4) is 0 Å². The summed E-state index contributed by atoms with van der Waals surface area (Å²) in [4.78, 5) is 27.4. The van der Waals surface area contributed by atoms with Crippen molar-refractivity contribution in [3.05, 3.63) is 47.7 Å². The molecule has 1 aromatic carbocycles. The lowest BCUT2D eigenvalue weighted by Gasteiger charge is -2.37. The highest BCUT2D eigenvalue weighted by Gasteiger charge is 2.36. The first kappa shape index (κ1) is 17.2. The number of nitrogens with zero attached hydrogens (tertiary/aromatic N) is 3. The van der Waals surface area contributed by atoms with Crippen LogP contribution in [0.2, 0.25) is 0 Å². The predicted molar refractivity (Wildman–Crippen MR) is 95.8 cm³/mol. The minimum absolute atomic E-state index is 0.0261. The smallest absolute Gasteiger partial charge is 0.248 e. The van der Waals surface area contributed by atoms with Gasteiger partial charge in [-0.1, -0.05) is 38.1 Å². The first-order valence-corrected chi connectivity index (χ1v) is 8.67. The molecule has 1 aromatic heterocycles. The Labute approximate surface area is 147 Å². The van der Waals surface area contributed by atoms with E-state index in [1.54, 1.807) is 28.9 Å². The second-order valence-corrected chi connectivity index (χ2v) is 6.63. The average Bonchev–Trinajstić information content (AvgIpc) is 3.03. The monoisotopic (exact) mass is 340 g/mol. The second-order valence-electron chi connectivity index (χ2n) is 6.63. The molecule has 2 heterocycles. The fourth-order valence-corrected chi connectivity index (χ4v) is 3.14. The molecule has 0 fully saturated rings. The van der Waals surface area contributed by atoms with E-state index in [1.807, 2.05) is 38.1 Å². The van der Waals surface area contributed by atoms with Gasteiger partial charge in [-0.05, 0) is 17.5 Å². The third-order valence-electron chi connectivity index (χ3n) is 4.83. The summed E-state index contributed by atoms with van der Waals surface area (Å²) in [7, 11) is 1.80. The van der Waals surface area contributed by atoms with Crippen molar-refractivity contribution < 1.29 is 9.59 Å². The Morgan fingerprint density at radius 2 is 2.00 bits per heavy atom. The van der Waals surface area contributed by atoms with Gasteiger partial charge in [-0.3, -0.25) is 14.3 Å². The number of carbonyl (C=O) groups excluding carboxylic acids is 2. The van der Waals surface area contributed by atoms with Gasteiger partial charge in [-0.2, -0.15) is 5.10 Å². The van der Waals surface area contributed by atoms with E-state index in [2.05, 4.69) is 10.4 Å². The van der Waals surface area contributed by atoms with E-state index < -0.39 is 6.04 Å². The number of anilines is 1. The van der Waals surface area contributed by atoms with E-state index in [1.165, 1.54) is 0 Å². The van der Waals surface area contributed by atoms with Crippen LogP contribution in [0, 0.1) is 5.92 Å². The van der Waals surface area contributed by atoms with Crippen molar-refractivity contribution >= 4 is 17.6 Å². The van der Waals surface area contributed by atoms with Crippen molar-refractivity contribution in [2.75, 3.05) is 5.32 Å². The van der Waals surface area contributed by atoms with Crippen molar-refractivity contribution in [2.45, 2.75) is 39.3 Å².